The first kappa shape index (κ1) is 34.8. The van der Waals surface area contributed by atoms with Gasteiger partial charge in [0, 0.05) is 30.1 Å². The van der Waals surface area contributed by atoms with Gasteiger partial charge in [0.1, 0.15) is 0 Å². The predicted molar refractivity (Wildman–Crippen MR) is 201 cm³/mol. The third-order valence-corrected chi connectivity index (χ3v) is 12.8. The van der Waals surface area contributed by atoms with Gasteiger partial charge in [-0.15, -0.1) is 0 Å². The number of nitrogens with one attached hydrogen (secondary N) is 2. The number of nitrogens with zero attached hydrogens (tertiary/aromatic N) is 1. The van der Waals surface area contributed by atoms with Crippen LogP contribution in [0.15, 0.2) is 72.8 Å². The van der Waals surface area contributed by atoms with E-state index in [9.17, 15) is 9.90 Å². The van der Waals surface area contributed by atoms with Crippen LogP contribution in [0, 0.1) is 23.7 Å². The molecule has 6 aliphatic rings. The van der Waals surface area contributed by atoms with Crippen LogP contribution in [-0.2, 0) is 22.6 Å². The lowest BCUT2D eigenvalue weighted by molar-refractivity contribution is -0.276. The van der Waals surface area contributed by atoms with Gasteiger partial charge in [-0.05, 0) is 116 Å². The summed E-state index contributed by atoms with van der Waals surface area (Å²) in [6.45, 7) is 5.96. The van der Waals surface area contributed by atoms with E-state index in [1.165, 1.54) is 51.4 Å². The number of likely N-dealkylation sites (tertiary alicyclic amines) is 1. The number of benzene rings is 3. The van der Waals surface area contributed by atoms with Crippen molar-refractivity contribution in [3.8, 4) is 11.1 Å². The summed E-state index contributed by atoms with van der Waals surface area (Å²) in [4.78, 5) is 15.7. The zero-order chi connectivity index (χ0) is 34.8. The van der Waals surface area contributed by atoms with Crippen molar-refractivity contribution >= 4 is 6.03 Å². The van der Waals surface area contributed by atoms with Crippen molar-refractivity contribution in [3.05, 3.63) is 95.1 Å². The Morgan fingerprint density at radius 3 is 2.10 bits per heavy atom. The van der Waals surface area contributed by atoms with E-state index in [0.29, 0.717) is 6.54 Å². The number of aliphatic hydroxyl groups is 1. The standard InChI is InChI=1S/C44H57N3O4/c1-30-40(28-47-18-5-3-2-4-6-19-47)50-42(51-41(30)37-12-10-31(29-48)11-13-37)38-16-14-36(15-17-38)39-9-7-8-32(23-39)27-45-43(49)46-44-24-33-20-34(25-44)22-35(21-33)26-44/h7-17,23,30,33-35,40-42,48H,2-6,18-22,24-29H2,1H3,(H2,45,46,49)/t30-,33?,34?,35?,40+,41+,42+,44?/m1/s1. The minimum atomic E-state index is -0.472. The number of amides is 2. The van der Waals surface area contributed by atoms with Crippen LogP contribution in [0.3, 0.4) is 0 Å². The SMILES string of the molecule is C[C@@H]1[C@H](CN2CCCCCCC2)O[C@H](c2ccc(-c3cccc(CNC(=O)NC45CC6CC(CC(C6)C4)C5)c3)cc2)O[C@@H]1c1ccc(CO)cc1. The van der Waals surface area contributed by atoms with Crippen LogP contribution in [0.25, 0.3) is 11.1 Å². The topological polar surface area (TPSA) is 83.1 Å². The molecular formula is C44H57N3O4. The van der Waals surface area contributed by atoms with Gasteiger partial charge in [-0.1, -0.05) is 92.9 Å². The molecule has 7 heteroatoms. The Hall–Kier alpha value is -3.23. The van der Waals surface area contributed by atoms with Crippen LogP contribution in [0.5, 0.6) is 0 Å². The number of rotatable bonds is 9. The molecule has 4 atom stereocenters. The van der Waals surface area contributed by atoms with Crippen LogP contribution in [0.2, 0.25) is 0 Å². The van der Waals surface area contributed by atoms with Gasteiger partial charge in [-0.25, -0.2) is 4.79 Å². The fraction of sp³-hybridized carbons (Fsp3) is 0.568. The summed E-state index contributed by atoms with van der Waals surface area (Å²) >= 11 is 0. The molecule has 2 saturated heterocycles. The van der Waals surface area contributed by atoms with Crippen molar-refractivity contribution in [2.75, 3.05) is 19.6 Å². The smallest absolute Gasteiger partial charge is 0.315 e. The molecule has 0 aromatic heterocycles. The molecule has 2 aliphatic heterocycles. The maximum absolute atomic E-state index is 13.1. The second-order valence-corrected chi connectivity index (χ2v) is 16.7. The molecule has 2 heterocycles. The summed E-state index contributed by atoms with van der Waals surface area (Å²) in [5, 5.41) is 16.2. The lowest BCUT2D eigenvalue weighted by Gasteiger charge is -2.56. The highest BCUT2D eigenvalue weighted by atomic mass is 16.7. The fourth-order valence-corrected chi connectivity index (χ4v) is 10.5. The number of ether oxygens (including phenoxy) is 2. The van der Waals surface area contributed by atoms with E-state index >= 15 is 0 Å². The Morgan fingerprint density at radius 2 is 1.43 bits per heavy atom. The molecule has 7 nitrogen and oxygen atoms in total. The lowest BCUT2D eigenvalue weighted by atomic mass is 9.53. The third kappa shape index (κ3) is 8.07. The highest BCUT2D eigenvalue weighted by Crippen LogP contribution is 2.55. The van der Waals surface area contributed by atoms with Gasteiger partial charge in [0.2, 0.25) is 0 Å². The van der Waals surface area contributed by atoms with Gasteiger partial charge in [0.15, 0.2) is 6.29 Å². The fourth-order valence-electron chi connectivity index (χ4n) is 10.5. The second-order valence-electron chi connectivity index (χ2n) is 16.7. The Labute approximate surface area is 304 Å². The van der Waals surface area contributed by atoms with Gasteiger partial charge >= 0.3 is 6.03 Å². The van der Waals surface area contributed by atoms with E-state index < -0.39 is 6.29 Å². The summed E-state index contributed by atoms with van der Waals surface area (Å²) < 4.78 is 13.6. The number of aliphatic hydroxyl groups excluding tert-OH is 1. The van der Waals surface area contributed by atoms with Gasteiger partial charge in [0.05, 0.1) is 18.8 Å². The van der Waals surface area contributed by atoms with Crippen LogP contribution < -0.4 is 10.6 Å². The first-order chi connectivity index (χ1) is 24.9. The summed E-state index contributed by atoms with van der Waals surface area (Å²) in [5.41, 5.74) is 6.40. The highest BCUT2D eigenvalue weighted by molar-refractivity contribution is 5.75. The first-order valence-corrected chi connectivity index (χ1v) is 19.9. The van der Waals surface area contributed by atoms with E-state index in [4.69, 9.17) is 9.47 Å². The maximum Gasteiger partial charge on any atom is 0.315 e. The van der Waals surface area contributed by atoms with Gasteiger partial charge in [-0.2, -0.15) is 0 Å². The highest BCUT2D eigenvalue weighted by Gasteiger charge is 2.51. The van der Waals surface area contributed by atoms with E-state index in [1.54, 1.807) is 0 Å². The van der Waals surface area contributed by atoms with Crippen molar-refractivity contribution in [3.63, 3.8) is 0 Å². The van der Waals surface area contributed by atoms with Gasteiger partial charge < -0.3 is 30.1 Å². The molecule has 0 spiro atoms. The largest absolute Gasteiger partial charge is 0.392 e. The number of carbonyl (C=O) groups is 1. The Balaban J connectivity index is 0.934. The van der Waals surface area contributed by atoms with Crippen molar-refractivity contribution in [1.82, 2.24) is 15.5 Å². The van der Waals surface area contributed by atoms with E-state index in [1.807, 2.05) is 12.1 Å². The number of carbonyl (C=O) groups excluding carboxylic acids is 1. The van der Waals surface area contributed by atoms with Crippen molar-refractivity contribution in [1.29, 1.82) is 0 Å². The van der Waals surface area contributed by atoms with Crippen molar-refractivity contribution in [2.45, 2.75) is 115 Å². The number of urea groups is 1. The summed E-state index contributed by atoms with van der Waals surface area (Å²) in [7, 11) is 0. The normalized spacial score (nSPS) is 32.2. The molecule has 9 rings (SSSR count). The van der Waals surface area contributed by atoms with E-state index in [-0.39, 0.29) is 36.3 Å². The zero-order valence-corrected chi connectivity index (χ0v) is 30.4. The molecular weight excluding hydrogens is 635 g/mol. The third-order valence-electron chi connectivity index (χ3n) is 12.8. The molecule has 0 unspecified atom stereocenters. The Morgan fingerprint density at radius 1 is 0.784 bits per heavy atom. The first-order valence-electron chi connectivity index (χ1n) is 19.9. The molecule has 3 aromatic carbocycles. The number of hydrogen-bond donors (Lipinski definition) is 3. The van der Waals surface area contributed by atoms with Gasteiger partial charge in [-0.3, -0.25) is 0 Å². The summed E-state index contributed by atoms with van der Waals surface area (Å²) in [5.74, 6) is 2.60. The summed E-state index contributed by atoms with van der Waals surface area (Å²) in [6.07, 6.45) is 13.5. The van der Waals surface area contributed by atoms with Crippen molar-refractivity contribution in [2.24, 2.45) is 23.7 Å². The maximum atomic E-state index is 13.1. The molecule has 2 amide bonds. The van der Waals surface area contributed by atoms with Crippen molar-refractivity contribution < 1.29 is 19.4 Å². The number of hydrogen-bond acceptors (Lipinski definition) is 5. The minimum absolute atomic E-state index is 0.0170. The van der Waals surface area contributed by atoms with Gasteiger partial charge in [0.25, 0.3) is 0 Å². The average molecular weight is 692 g/mol. The molecule has 4 bridgehead atoms. The van der Waals surface area contributed by atoms with Crippen LogP contribution >= 0.6 is 0 Å². The molecule has 51 heavy (non-hydrogen) atoms. The quantitative estimate of drug-likeness (QED) is 0.209. The summed E-state index contributed by atoms with van der Waals surface area (Å²) in [6, 6.07) is 25.2. The minimum Gasteiger partial charge on any atom is -0.392 e. The molecule has 4 saturated carbocycles. The molecule has 3 N–H and O–H groups in total. The van der Waals surface area contributed by atoms with E-state index in [2.05, 4.69) is 83.1 Å². The Bertz CT molecular complexity index is 1580. The lowest BCUT2D eigenvalue weighted by Crippen LogP contribution is -2.61. The average Bonchev–Trinajstić information content (AvgIpc) is 3.12. The van der Waals surface area contributed by atoms with Crippen LogP contribution in [-0.4, -0.2) is 47.3 Å². The molecule has 6 fully saturated rings. The predicted octanol–water partition coefficient (Wildman–Crippen LogP) is 8.67. The van der Waals surface area contributed by atoms with E-state index in [0.717, 1.165) is 90.0 Å². The van der Waals surface area contributed by atoms with Crippen LogP contribution in [0.1, 0.15) is 112 Å². The zero-order valence-electron chi connectivity index (χ0n) is 30.4. The van der Waals surface area contributed by atoms with Crippen LogP contribution in [0.4, 0.5) is 4.79 Å². The second kappa shape index (κ2) is 15.4. The monoisotopic (exact) mass is 691 g/mol. The molecule has 3 aromatic rings. The molecule has 272 valence electrons. The molecule has 4 aliphatic carbocycles. The molecule has 0 radical (unpaired) electrons. The Kier molecular flexibility index (Phi) is 10.5.